The highest BCUT2D eigenvalue weighted by Crippen LogP contribution is 2.21. The van der Waals surface area contributed by atoms with Gasteiger partial charge in [0.25, 0.3) is 0 Å². The highest BCUT2D eigenvalue weighted by atomic mass is 35.5. The molecule has 0 spiro atoms. The number of ether oxygens (including phenoxy) is 1. The van der Waals surface area contributed by atoms with Crippen molar-refractivity contribution in [3.8, 4) is 5.75 Å². The van der Waals surface area contributed by atoms with E-state index >= 15 is 0 Å². The summed E-state index contributed by atoms with van der Waals surface area (Å²) in [5.74, 6) is 0.525. The van der Waals surface area contributed by atoms with Gasteiger partial charge < -0.3 is 14.9 Å². The lowest BCUT2D eigenvalue weighted by Crippen LogP contribution is -2.02. The minimum absolute atomic E-state index is 0.0676. The molecule has 0 unspecified atom stereocenters. The van der Waals surface area contributed by atoms with Crippen LogP contribution in [0.3, 0.4) is 0 Å². The summed E-state index contributed by atoms with van der Waals surface area (Å²) in [4.78, 5) is 0. The summed E-state index contributed by atoms with van der Waals surface area (Å²) in [6.45, 7) is 0.588. The van der Waals surface area contributed by atoms with Crippen LogP contribution in [-0.4, -0.2) is 0 Å². The van der Waals surface area contributed by atoms with Crippen LogP contribution < -0.4 is 10.5 Å². The topological polar surface area (TPSA) is 48.4 Å². The molecule has 0 saturated heterocycles. The third-order valence-electron chi connectivity index (χ3n) is 2.32. The molecular weight excluding hydrogens is 245 g/mol. The Morgan fingerprint density at radius 3 is 2.88 bits per heavy atom. The van der Waals surface area contributed by atoms with Gasteiger partial charge in [-0.15, -0.1) is 0 Å². The molecule has 5 heteroatoms. The van der Waals surface area contributed by atoms with Crippen molar-refractivity contribution in [2.45, 2.75) is 13.2 Å². The Labute approximate surface area is 103 Å². The summed E-state index contributed by atoms with van der Waals surface area (Å²) >= 11 is 5.56. The van der Waals surface area contributed by atoms with Crippen molar-refractivity contribution in [1.29, 1.82) is 0 Å². The van der Waals surface area contributed by atoms with Crippen LogP contribution in [0.2, 0.25) is 5.02 Å². The molecule has 0 aliphatic rings. The number of nitrogens with two attached hydrogens (primary N) is 1. The van der Waals surface area contributed by atoms with Gasteiger partial charge in [-0.3, -0.25) is 0 Å². The molecule has 0 saturated carbocycles. The minimum atomic E-state index is -0.511. The number of rotatable bonds is 4. The van der Waals surface area contributed by atoms with Crippen LogP contribution in [0.5, 0.6) is 5.75 Å². The number of hydrogen-bond acceptors (Lipinski definition) is 3. The van der Waals surface area contributed by atoms with Crippen LogP contribution >= 0.6 is 11.6 Å². The summed E-state index contributed by atoms with van der Waals surface area (Å²) in [6.07, 6.45) is 1.54. The summed E-state index contributed by atoms with van der Waals surface area (Å²) < 4.78 is 23.7. The van der Waals surface area contributed by atoms with Crippen LogP contribution in [0.15, 0.2) is 34.9 Å². The average Bonchev–Trinajstić information content (AvgIpc) is 2.78. The Morgan fingerprint density at radius 1 is 1.35 bits per heavy atom. The van der Waals surface area contributed by atoms with Gasteiger partial charge in [-0.2, -0.15) is 0 Å². The van der Waals surface area contributed by atoms with Gasteiger partial charge in [0.15, 0.2) is 0 Å². The number of hydrogen-bond donors (Lipinski definition) is 1. The second kappa shape index (κ2) is 5.21. The molecule has 2 rings (SSSR count). The largest absolute Gasteiger partial charge is 0.486 e. The molecule has 0 atom stereocenters. The van der Waals surface area contributed by atoms with Gasteiger partial charge in [-0.1, -0.05) is 11.6 Å². The van der Waals surface area contributed by atoms with Crippen molar-refractivity contribution in [2.24, 2.45) is 5.73 Å². The molecule has 17 heavy (non-hydrogen) atoms. The highest BCUT2D eigenvalue weighted by molar-refractivity contribution is 6.30. The second-order valence-electron chi connectivity index (χ2n) is 3.44. The predicted octanol–water partition coefficient (Wildman–Crippen LogP) is 3.11. The maximum absolute atomic E-state index is 13.1. The summed E-state index contributed by atoms with van der Waals surface area (Å²) in [5.41, 5.74) is 6.39. The standard InChI is InChI=1S/C12H11ClFNO2/c13-10-2-1-9(5-11(10)14)17-7-12-8(6-15)3-4-16-12/h1-5H,6-7,15H2. The second-order valence-corrected chi connectivity index (χ2v) is 3.84. The van der Waals surface area contributed by atoms with E-state index in [4.69, 9.17) is 26.5 Å². The lowest BCUT2D eigenvalue weighted by Gasteiger charge is -2.06. The molecule has 1 heterocycles. The molecule has 0 radical (unpaired) electrons. The van der Waals surface area contributed by atoms with Crippen LogP contribution in [0.4, 0.5) is 4.39 Å². The van der Waals surface area contributed by atoms with Crippen molar-refractivity contribution in [2.75, 3.05) is 0 Å². The van der Waals surface area contributed by atoms with E-state index in [2.05, 4.69) is 0 Å². The van der Waals surface area contributed by atoms with Gasteiger partial charge in [0.2, 0.25) is 0 Å². The van der Waals surface area contributed by atoms with Crippen molar-refractivity contribution >= 4 is 11.6 Å². The SMILES string of the molecule is NCc1ccoc1COc1ccc(Cl)c(F)c1. The number of halogens is 2. The Hall–Kier alpha value is -1.52. The highest BCUT2D eigenvalue weighted by Gasteiger charge is 2.07. The maximum atomic E-state index is 13.1. The van der Waals surface area contributed by atoms with E-state index in [-0.39, 0.29) is 11.6 Å². The zero-order chi connectivity index (χ0) is 12.3. The van der Waals surface area contributed by atoms with Crippen molar-refractivity contribution in [3.63, 3.8) is 0 Å². The first-order valence-electron chi connectivity index (χ1n) is 5.04. The van der Waals surface area contributed by atoms with Crippen LogP contribution in [-0.2, 0) is 13.2 Å². The molecule has 3 nitrogen and oxygen atoms in total. The van der Waals surface area contributed by atoms with E-state index in [1.165, 1.54) is 12.1 Å². The zero-order valence-electron chi connectivity index (χ0n) is 8.95. The van der Waals surface area contributed by atoms with Gasteiger partial charge in [0, 0.05) is 18.2 Å². The molecule has 0 aliphatic carbocycles. The quantitative estimate of drug-likeness (QED) is 0.913. The van der Waals surface area contributed by atoms with E-state index in [0.717, 1.165) is 5.56 Å². The molecule has 1 aromatic heterocycles. The molecule has 0 fully saturated rings. The van der Waals surface area contributed by atoms with Gasteiger partial charge in [0.05, 0.1) is 11.3 Å². The number of benzene rings is 1. The summed E-state index contributed by atoms with van der Waals surface area (Å²) in [7, 11) is 0. The molecule has 1 aromatic carbocycles. The van der Waals surface area contributed by atoms with Gasteiger partial charge in [-0.25, -0.2) is 4.39 Å². The Bertz CT molecular complexity index is 513. The molecule has 90 valence electrons. The van der Waals surface area contributed by atoms with Crippen LogP contribution in [0.25, 0.3) is 0 Å². The fraction of sp³-hybridized carbons (Fsp3) is 0.167. The maximum Gasteiger partial charge on any atom is 0.146 e. The van der Waals surface area contributed by atoms with Crippen LogP contribution in [0, 0.1) is 5.82 Å². The normalized spacial score (nSPS) is 10.5. The first-order chi connectivity index (χ1) is 8.20. The number of furan rings is 1. The van der Waals surface area contributed by atoms with Crippen molar-refractivity contribution in [3.05, 3.63) is 52.7 Å². The molecule has 0 amide bonds. The summed E-state index contributed by atoms with van der Waals surface area (Å²) in [6, 6.07) is 6.04. The van der Waals surface area contributed by atoms with E-state index in [9.17, 15) is 4.39 Å². The van der Waals surface area contributed by atoms with Crippen molar-refractivity contribution in [1.82, 2.24) is 0 Å². The summed E-state index contributed by atoms with van der Waals surface area (Å²) in [5, 5.41) is 0.0676. The van der Waals surface area contributed by atoms with Gasteiger partial charge in [0.1, 0.15) is 23.9 Å². The lowest BCUT2D eigenvalue weighted by atomic mass is 10.2. The monoisotopic (exact) mass is 255 g/mol. The van der Waals surface area contributed by atoms with E-state index in [1.54, 1.807) is 18.4 Å². The molecule has 2 N–H and O–H groups in total. The zero-order valence-corrected chi connectivity index (χ0v) is 9.71. The fourth-order valence-electron chi connectivity index (χ4n) is 1.39. The van der Waals surface area contributed by atoms with Gasteiger partial charge >= 0.3 is 0 Å². The minimum Gasteiger partial charge on any atom is -0.486 e. The van der Waals surface area contributed by atoms with Crippen LogP contribution in [0.1, 0.15) is 11.3 Å². The van der Waals surface area contributed by atoms with E-state index in [0.29, 0.717) is 18.1 Å². The van der Waals surface area contributed by atoms with E-state index in [1.807, 2.05) is 0 Å². The van der Waals surface area contributed by atoms with Crippen molar-refractivity contribution < 1.29 is 13.5 Å². The smallest absolute Gasteiger partial charge is 0.146 e. The molecule has 0 bridgehead atoms. The molecular formula is C12H11ClFNO2. The third-order valence-corrected chi connectivity index (χ3v) is 2.63. The molecule has 2 aromatic rings. The third kappa shape index (κ3) is 2.78. The molecule has 0 aliphatic heterocycles. The van der Waals surface area contributed by atoms with Gasteiger partial charge in [-0.05, 0) is 18.2 Å². The Balaban J connectivity index is 2.05. The Kier molecular flexibility index (Phi) is 3.66. The first-order valence-corrected chi connectivity index (χ1v) is 5.41. The lowest BCUT2D eigenvalue weighted by molar-refractivity contribution is 0.267. The van der Waals surface area contributed by atoms with E-state index < -0.39 is 5.82 Å². The first kappa shape index (κ1) is 12.0. The predicted molar refractivity (Wildman–Crippen MR) is 62.3 cm³/mol. The average molecular weight is 256 g/mol. The fourth-order valence-corrected chi connectivity index (χ4v) is 1.51. The Morgan fingerprint density at radius 2 is 2.18 bits per heavy atom.